The smallest absolute Gasteiger partial charge is 0.253 e. The molecule has 2 unspecified atom stereocenters. The monoisotopic (exact) mass is 344 g/mol. The summed E-state index contributed by atoms with van der Waals surface area (Å²) in [6.45, 7) is 1.97. The third-order valence-corrected chi connectivity index (χ3v) is 5.44. The maximum absolute atomic E-state index is 12.7. The van der Waals surface area contributed by atoms with Crippen LogP contribution >= 0.6 is 0 Å². The van der Waals surface area contributed by atoms with Crippen LogP contribution in [0.1, 0.15) is 54.4 Å². The van der Waals surface area contributed by atoms with E-state index in [1.54, 1.807) is 11.9 Å². The van der Waals surface area contributed by atoms with E-state index >= 15 is 0 Å². The summed E-state index contributed by atoms with van der Waals surface area (Å²) in [5, 5.41) is 10.1. The van der Waals surface area contributed by atoms with Gasteiger partial charge in [-0.15, -0.1) is 0 Å². The standard InChI is InChI=1S/C20H28N2O3/c1-21(14-17-7-2-3-9-18(17)23)20(25)16-8-4-6-15(12-16)13-22-11-5-10-19(22)24/h4,6,8,12,17-18,23H,2-3,5,7,9-11,13-14H2,1H3. The van der Waals surface area contributed by atoms with E-state index < -0.39 is 0 Å². The number of amides is 2. The van der Waals surface area contributed by atoms with Crippen LogP contribution in [-0.2, 0) is 11.3 Å². The Hall–Kier alpha value is -1.88. The fourth-order valence-electron chi connectivity index (χ4n) is 3.95. The number of likely N-dealkylation sites (tertiary alicyclic amines) is 1. The number of nitrogens with zero attached hydrogens (tertiary/aromatic N) is 2. The molecular weight excluding hydrogens is 316 g/mol. The van der Waals surface area contributed by atoms with Crippen LogP contribution in [0.2, 0.25) is 0 Å². The Morgan fingerprint density at radius 1 is 1.28 bits per heavy atom. The second-order valence-electron chi connectivity index (χ2n) is 7.42. The van der Waals surface area contributed by atoms with E-state index in [0.29, 0.717) is 25.1 Å². The molecule has 25 heavy (non-hydrogen) atoms. The molecule has 136 valence electrons. The second kappa shape index (κ2) is 8.00. The molecule has 1 aliphatic heterocycles. The molecule has 5 nitrogen and oxygen atoms in total. The van der Waals surface area contributed by atoms with Gasteiger partial charge in [-0.2, -0.15) is 0 Å². The van der Waals surface area contributed by atoms with Crippen LogP contribution in [0.25, 0.3) is 0 Å². The lowest BCUT2D eigenvalue weighted by Crippen LogP contribution is -2.38. The molecular formula is C20H28N2O3. The van der Waals surface area contributed by atoms with E-state index in [-0.39, 0.29) is 23.8 Å². The van der Waals surface area contributed by atoms with Gasteiger partial charge in [0.1, 0.15) is 0 Å². The zero-order valence-electron chi connectivity index (χ0n) is 15.0. The predicted molar refractivity (Wildman–Crippen MR) is 96.0 cm³/mol. The lowest BCUT2D eigenvalue weighted by Gasteiger charge is -2.31. The third-order valence-electron chi connectivity index (χ3n) is 5.44. The first-order valence-corrected chi connectivity index (χ1v) is 9.35. The van der Waals surface area contributed by atoms with Crippen LogP contribution in [0.3, 0.4) is 0 Å². The molecule has 1 saturated heterocycles. The lowest BCUT2D eigenvalue weighted by atomic mass is 9.86. The fourth-order valence-corrected chi connectivity index (χ4v) is 3.95. The van der Waals surface area contributed by atoms with E-state index in [9.17, 15) is 14.7 Å². The van der Waals surface area contributed by atoms with Gasteiger partial charge in [-0.3, -0.25) is 9.59 Å². The molecule has 2 aliphatic rings. The summed E-state index contributed by atoms with van der Waals surface area (Å²) in [5.41, 5.74) is 1.64. The molecule has 0 aromatic heterocycles. The van der Waals surface area contributed by atoms with Crippen LogP contribution < -0.4 is 0 Å². The fraction of sp³-hybridized carbons (Fsp3) is 0.600. The second-order valence-corrected chi connectivity index (χ2v) is 7.42. The van der Waals surface area contributed by atoms with Crippen LogP contribution in [-0.4, -0.2) is 53.0 Å². The molecule has 1 N–H and O–H groups in total. The van der Waals surface area contributed by atoms with Crippen molar-refractivity contribution in [3.8, 4) is 0 Å². The number of aliphatic hydroxyl groups excluding tert-OH is 1. The van der Waals surface area contributed by atoms with Crippen LogP contribution in [0.15, 0.2) is 24.3 Å². The highest BCUT2D eigenvalue weighted by molar-refractivity contribution is 5.94. The Bertz CT molecular complexity index is 631. The van der Waals surface area contributed by atoms with Crippen LogP contribution in [0.4, 0.5) is 0 Å². The number of rotatable bonds is 5. The summed E-state index contributed by atoms with van der Waals surface area (Å²) < 4.78 is 0. The Morgan fingerprint density at radius 2 is 2.08 bits per heavy atom. The first-order chi connectivity index (χ1) is 12.0. The molecule has 1 heterocycles. The van der Waals surface area contributed by atoms with Crippen LogP contribution in [0, 0.1) is 5.92 Å². The molecule has 1 aromatic carbocycles. The molecule has 0 bridgehead atoms. The third kappa shape index (κ3) is 4.40. The highest BCUT2D eigenvalue weighted by atomic mass is 16.3. The van der Waals surface area contributed by atoms with E-state index in [2.05, 4.69) is 0 Å². The quantitative estimate of drug-likeness (QED) is 0.892. The summed E-state index contributed by atoms with van der Waals surface area (Å²) in [6.07, 6.45) is 5.28. The average Bonchev–Trinajstić information content (AvgIpc) is 3.01. The molecule has 2 atom stereocenters. The average molecular weight is 344 g/mol. The highest BCUT2D eigenvalue weighted by Crippen LogP contribution is 2.25. The molecule has 1 aromatic rings. The van der Waals surface area contributed by atoms with Gasteiger partial charge in [0, 0.05) is 44.6 Å². The molecule has 2 amide bonds. The molecule has 0 radical (unpaired) electrons. The largest absolute Gasteiger partial charge is 0.393 e. The van der Waals surface area contributed by atoms with Crippen molar-refractivity contribution in [1.29, 1.82) is 0 Å². The van der Waals surface area contributed by atoms with Gasteiger partial charge in [-0.05, 0) is 37.0 Å². The zero-order valence-corrected chi connectivity index (χ0v) is 15.0. The van der Waals surface area contributed by atoms with Gasteiger partial charge in [-0.1, -0.05) is 25.0 Å². The van der Waals surface area contributed by atoms with Gasteiger partial charge in [-0.25, -0.2) is 0 Å². The van der Waals surface area contributed by atoms with Gasteiger partial charge >= 0.3 is 0 Å². The SMILES string of the molecule is CN(CC1CCCCC1O)C(=O)c1cccc(CN2CCCC2=O)c1. The van der Waals surface area contributed by atoms with Crippen molar-refractivity contribution < 1.29 is 14.7 Å². The van der Waals surface area contributed by atoms with Gasteiger partial charge in [0.05, 0.1) is 6.10 Å². The van der Waals surface area contributed by atoms with Crippen molar-refractivity contribution in [2.45, 2.75) is 51.2 Å². The van der Waals surface area contributed by atoms with Crippen molar-refractivity contribution in [3.63, 3.8) is 0 Å². The number of benzene rings is 1. The molecule has 2 fully saturated rings. The molecule has 1 saturated carbocycles. The zero-order chi connectivity index (χ0) is 17.8. The Balaban J connectivity index is 1.63. The molecule has 1 aliphatic carbocycles. The Morgan fingerprint density at radius 3 is 2.80 bits per heavy atom. The summed E-state index contributed by atoms with van der Waals surface area (Å²) in [6, 6.07) is 7.56. The maximum atomic E-state index is 12.7. The molecule has 0 spiro atoms. The van der Waals surface area contributed by atoms with Crippen molar-refractivity contribution in [1.82, 2.24) is 9.80 Å². The number of carbonyl (C=O) groups excluding carboxylic acids is 2. The van der Waals surface area contributed by atoms with Crippen molar-refractivity contribution in [2.24, 2.45) is 5.92 Å². The van der Waals surface area contributed by atoms with Crippen molar-refractivity contribution >= 4 is 11.8 Å². The summed E-state index contributed by atoms with van der Waals surface area (Å²) in [7, 11) is 1.81. The Labute approximate surface area is 149 Å². The first-order valence-electron chi connectivity index (χ1n) is 9.35. The topological polar surface area (TPSA) is 60.9 Å². The minimum absolute atomic E-state index is 0.0210. The van der Waals surface area contributed by atoms with Gasteiger partial charge < -0.3 is 14.9 Å². The minimum Gasteiger partial charge on any atom is -0.393 e. The maximum Gasteiger partial charge on any atom is 0.253 e. The van der Waals surface area contributed by atoms with E-state index in [1.165, 1.54) is 0 Å². The Kier molecular flexibility index (Phi) is 5.74. The number of carbonyl (C=O) groups is 2. The summed E-state index contributed by atoms with van der Waals surface area (Å²) in [5.74, 6) is 0.348. The molecule has 3 rings (SSSR count). The minimum atomic E-state index is -0.295. The highest BCUT2D eigenvalue weighted by Gasteiger charge is 2.26. The normalized spacial score (nSPS) is 23.8. The van der Waals surface area contributed by atoms with Gasteiger partial charge in [0.15, 0.2) is 0 Å². The first kappa shape index (κ1) is 17.9. The molecule has 5 heteroatoms. The van der Waals surface area contributed by atoms with E-state index in [0.717, 1.165) is 44.2 Å². The number of hydrogen-bond donors (Lipinski definition) is 1. The van der Waals surface area contributed by atoms with Crippen molar-refractivity contribution in [3.05, 3.63) is 35.4 Å². The van der Waals surface area contributed by atoms with Gasteiger partial charge in [0.25, 0.3) is 5.91 Å². The van der Waals surface area contributed by atoms with E-state index in [4.69, 9.17) is 0 Å². The van der Waals surface area contributed by atoms with E-state index in [1.807, 2.05) is 29.2 Å². The lowest BCUT2D eigenvalue weighted by molar-refractivity contribution is -0.128. The van der Waals surface area contributed by atoms with Crippen LogP contribution in [0.5, 0.6) is 0 Å². The number of aliphatic hydroxyl groups is 1. The van der Waals surface area contributed by atoms with Crippen molar-refractivity contribution in [2.75, 3.05) is 20.1 Å². The predicted octanol–water partition coefficient (Wildman–Crippen LogP) is 2.43. The summed E-state index contributed by atoms with van der Waals surface area (Å²) >= 11 is 0. The van der Waals surface area contributed by atoms with Gasteiger partial charge in [0.2, 0.25) is 5.91 Å². The summed E-state index contributed by atoms with van der Waals surface area (Å²) in [4.78, 5) is 28.1. The number of hydrogen-bond acceptors (Lipinski definition) is 3.